The van der Waals surface area contributed by atoms with E-state index in [-0.39, 0.29) is 0 Å². The fraction of sp³-hybridized carbons (Fsp3) is 1.00. The normalized spacial score (nSPS) is 42.5. The summed E-state index contributed by atoms with van der Waals surface area (Å²) in [6.07, 6.45) is 9.88. The topological polar surface area (TPSA) is 26.0 Å². The van der Waals surface area contributed by atoms with Crippen molar-refractivity contribution in [1.82, 2.24) is 0 Å². The second-order valence-electron chi connectivity index (χ2n) is 5.26. The standard InChI is InChI=1S/C12H23N/c1-9-6-7-11(13)8-12(9)10-4-2-3-5-10/h9-12H,2-8,13H2,1H3. The van der Waals surface area contributed by atoms with Gasteiger partial charge in [0.1, 0.15) is 0 Å². The monoisotopic (exact) mass is 181 g/mol. The summed E-state index contributed by atoms with van der Waals surface area (Å²) in [5, 5.41) is 0. The fourth-order valence-corrected chi connectivity index (χ4v) is 3.43. The van der Waals surface area contributed by atoms with E-state index in [0.717, 1.165) is 17.8 Å². The molecule has 0 spiro atoms. The summed E-state index contributed by atoms with van der Waals surface area (Å²) in [7, 11) is 0. The fourth-order valence-electron chi connectivity index (χ4n) is 3.43. The molecule has 0 aromatic heterocycles. The van der Waals surface area contributed by atoms with Gasteiger partial charge in [-0.05, 0) is 37.0 Å². The molecule has 0 bridgehead atoms. The average Bonchev–Trinajstić information content (AvgIpc) is 2.61. The average molecular weight is 181 g/mol. The van der Waals surface area contributed by atoms with Gasteiger partial charge in [-0.3, -0.25) is 0 Å². The maximum absolute atomic E-state index is 6.05. The van der Waals surface area contributed by atoms with Crippen LogP contribution in [-0.2, 0) is 0 Å². The highest BCUT2D eigenvalue weighted by molar-refractivity contribution is 4.86. The largest absolute Gasteiger partial charge is 0.328 e. The molecule has 0 aromatic rings. The summed E-state index contributed by atoms with van der Waals surface area (Å²) in [5.41, 5.74) is 6.05. The zero-order valence-corrected chi connectivity index (χ0v) is 8.84. The lowest BCUT2D eigenvalue weighted by Crippen LogP contribution is -2.35. The van der Waals surface area contributed by atoms with Gasteiger partial charge >= 0.3 is 0 Å². The number of hydrogen-bond donors (Lipinski definition) is 1. The van der Waals surface area contributed by atoms with Crippen LogP contribution in [0.1, 0.15) is 51.9 Å². The van der Waals surface area contributed by atoms with Crippen molar-refractivity contribution in [3.8, 4) is 0 Å². The van der Waals surface area contributed by atoms with Gasteiger partial charge in [-0.2, -0.15) is 0 Å². The highest BCUT2D eigenvalue weighted by Gasteiger charge is 2.33. The molecule has 0 aliphatic heterocycles. The van der Waals surface area contributed by atoms with E-state index in [0.29, 0.717) is 6.04 Å². The second kappa shape index (κ2) is 4.00. The molecule has 2 N–H and O–H groups in total. The zero-order chi connectivity index (χ0) is 9.26. The van der Waals surface area contributed by atoms with Crippen molar-refractivity contribution in [2.24, 2.45) is 23.5 Å². The van der Waals surface area contributed by atoms with Gasteiger partial charge in [-0.15, -0.1) is 0 Å². The van der Waals surface area contributed by atoms with Crippen LogP contribution in [0.5, 0.6) is 0 Å². The van der Waals surface area contributed by atoms with E-state index in [2.05, 4.69) is 6.92 Å². The van der Waals surface area contributed by atoms with Gasteiger partial charge in [0.25, 0.3) is 0 Å². The van der Waals surface area contributed by atoms with E-state index < -0.39 is 0 Å². The Bertz CT molecular complexity index is 161. The predicted molar refractivity (Wildman–Crippen MR) is 56.4 cm³/mol. The summed E-state index contributed by atoms with van der Waals surface area (Å²) in [4.78, 5) is 0. The Labute approximate surface area is 82.1 Å². The van der Waals surface area contributed by atoms with E-state index in [4.69, 9.17) is 5.73 Å². The van der Waals surface area contributed by atoms with E-state index in [1.54, 1.807) is 0 Å². The summed E-state index contributed by atoms with van der Waals surface area (Å²) in [6.45, 7) is 2.44. The van der Waals surface area contributed by atoms with Gasteiger partial charge in [-0.1, -0.05) is 32.6 Å². The van der Waals surface area contributed by atoms with Crippen LogP contribution < -0.4 is 5.73 Å². The Balaban J connectivity index is 1.94. The quantitative estimate of drug-likeness (QED) is 0.661. The SMILES string of the molecule is CC1CCC(N)CC1C1CCCC1. The molecule has 1 nitrogen and oxygen atoms in total. The van der Waals surface area contributed by atoms with Crippen LogP contribution in [0.3, 0.4) is 0 Å². The molecular formula is C12H23N. The van der Waals surface area contributed by atoms with Gasteiger partial charge in [0.05, 0.1) is 0 Å². The maximum atomic E-state index is 6.05. The first-order valence-corrected chi connectivity index (χ1v) is 6.03. The van der Waals surface area contributed by atoms with Crippen LogP contribution in [0.4, 0.5) is 0 Å². The van der Waals surface area contributed by atoms with Crippen molar-refractivity contribution < 1.29 is 0 Å². The molecule has 0 amide bonds. The van der Waals surface area contributed by atoms with Crippen LogP contribution in [0.2, 0.25) is 0 Å². The second-order valence-corrected chi connectivity index (χ2v) is 5.26. The van der Waals surface area contributed by atoms with Gasteiger partial charge in [0, 0.05) is 6.04 Å². The molecule has 0 heterocycles. The van der Waals surface area contributed by atoms with Crippen molar-refractivity contribution >= 4 is 0 Å². The number of rotatable bonds is 1. The maximum Gasteiger partial charge on any atom is 0.00417 e. The molecule has 13 heavy (non-hydrogen) atoms. The highest BCUT2D eigenvalue weighted by Crippen LogP contribution is 2.41. The molecule has 1 heteroatoms. The lowest BCUT2D eigenvalue weighted by Gasteiger charge is -2.36. The van der Waals surface area contributed by atoms with E-state index >= 15 is 0 Å². The molecule has 0 radical (unpaired) electrons. The third-order valence-electron chi connectivity index (χ3n) is 4.30. The Morgan fingerprint density at radius 2 is 1.69 bits per heavy atom. The summed E-state index contributed by atoms with van der Waals surface area (Å²) in [6, 6.07) is 0.516. The Morgan fingerprint density at radius 3 is 2.38 bits per heavy atom. The third-order valence-corrected chi connectivity index (χ3v) is 4.30. The minimum absolute atomic E-state index is 0.516. The Morgan fingerprint density at radius 1 is 1.00 bits per heavy atom. The third kappa shape index (κ3) is 2.07. The van der Waals surface area contributed by atoms with Crippen molar-refractivity contribution in [1.29, 1.82) is 0 Å². The van der Waals surface area contributed by atoms with E-state index in [1.807, 2.05) is 0 Å². The number of hydrogen-bond acceptors (Lipinski definition) is 1. The number of nitrogens with two attached hydrogens (primary N) is 1. The van der Waals surface area contributed by atoms with Crippen LogP contribution in [0.25, 0.3) is 0 Å². The first kappa shape index (κ1) is 9.51. The van der Waals surface area contributed by atoms with Crippen LogP contribution in [-0.4, -0.2) is 6.04 Å². The first-order chi connectivity index (χ1) is 6.27. The molecule has 0 saturated heterocycles. The van der Waals surface area contributed by atoms with Gasteiger partial charge < -0.3 is 5.73 Å². The smallest absolute Gasteiger partial charge is 0.00417 e. The molecular weight excluding hydrogens is 158 g/mol. The van der Waals surface area contributed by atoms with Crippen LogP contribution >= 0.6 is 0 Å². The lowest BCUT2D eigenvalue weighted by molar-refractivity contribution is 0.161. The highest BCUT2D eigenvalue weighted by atomic mass is 14.6. The van der Waals surface area contributed by atoms with Crippen LogP contribution in [0.15, 0.2) is 0 Å². The molecule has 2 aliphatic carbocycles. The molecule has 2 rings (SSSR count). The van der Waals surface area contributed by atoms with Crippen molar-refractivity contribution in [2.75, 3.05) is 0 Å². The molecule has 0 aromatic carbocycles. The molecule has 2 fully saturated rings. The van der Waals surface area contributed by atoms with Gasteiger partial charge in [-0.25, -0.2) is 0 Å². The van der Waals surface area contributed by atoms with E-state index in [9.17, 15) is 0 Å². The summed E-state index contributed by atoms with van der Waals surface area (Å²) in [5.74, 6) is 2.94. The van der Waals surface area contributed by atoms with E-state index in [1.165, 1.54) is 44.9 Å². The van der Waals surface area contributed by atoms with Gasteiger partial charge in [0.2, 0.25) is 0 Å². The summed E-state index contributed by atoms with van der Waals surface area (Å²) >= 11 is 0. The van der Waals surface area contributed by atoms with Gasteiger partial charge in [0.15, 0.2) is 0 Å². The van der Waals surface area contributed by atoms with Crippen molar-refractivity contribution in [3.63, 3.8) is 0 Å². The Hall–Kier alpha value is -0.0400. The van der Waals surface area contributed by atoms with Crippen LogP contribution in [0, 0.1) is 17.8 Å². The zero-order valence-electron chi connectivity index (χ0n) is 8.84. The molecule has 2 saturated carbocycles. The van der Waals surface area contributed by atoms with Crippen molar-refractivity contribution in [3.05, 3.63) is 0 Å². The predicted octanol–water partition coefficient (Wildman–Crippen LogP) is 2.94. The minimum Gasteiger partial charge on any atom is -0.328 e. The first-order valence-electron chi connectivity index (χ1n) is 6.03. The molecule has 2 aliphatic rings. The lowest BCUT2D eigenvalue weighted by atomic mass is 9.71. The van der Waals surface area contributed by atoms with Crippen molar-refractivity contribution in [2.45, 2.75) is 57.9 Å². The molecule has 3 atom stereocenters. The minimum atomic E-state index is 0.516. The Kier molecular flexibility index (Phi) is 2.92. The molecule has 76 valence electrons. The summed E-state index contributed by atoms with van der Waals surface area (Å²) < 4.78 is 0. The molecule has 3 unspecified atom stereocenters.